The number of carboxylic acids is 1. The Morgan fingerprint density at radius 3 is 2.86 bits per heavy atom. The number of benzene rings is 1. The molecule has 3 aromatic rings. The fraction of sp³-hybridized carbons (Fsp3) is 0.333. The summed E-state index contributed by atoms with van der Waals surface area (Å²) < 4.78 is 7.42. The van der Waals surface area contributed by atoms with Gasteiger partial charge in [-0.05, 0) is 17.7 Å². The molecular weight excluding hydrogens is 398 g/mol. The highest BCUT2D eigenvalue weighted by Gasteiger charge is 2.44. The number of aliphatic hydroxyl groups is 2. The lowest BCUT2D eigenvalue weighted by molar-refractivity contribution is -0.0289. The highest BCUT2D eigenvalue weighted by molar-refractivity contribution is 7.98. The molecule has 1 fully saturated rings. The van der Waals surface area contributed by atoms with Gasteiger partial charge in [-0.3, -0.25) is 4.57 Å². The summed E-state index contributed by atoms with van der Waals surface area (Å²) in [6, 6.07) is 6.68. The Morgan fingerprint density at radius 1 is 1.24 bits per heavy atom. The number of nitrogen functional groups attached to an aromatic ring is 1. The molecule has 152 valence electrons. The summed E-state index contributed by atoms with van der Waals surface area (Å²) in [4.78, 5) is 23.2. The molecule has 0 saturated carbocycles. The third-order valence-corrected chi connectivity index (χ3v) is 5.82. The number of rotatable bonds is 6. The van der Waals surface area contributed by atoms with Gasteiger partial charge in [0.05, 0.1) is 18.0 Å². The number of nitrogens with zero attached hydrogens (tertiary/aromatic N) is 4. The minimum Gasteiger partial charge on any atom is -0.478 e. The molecule has 4 unspecified atom stereocenters. The first-order valence-electron chi connectivity index (χ1n) is 8.80. The van der Waals surface area contributed by atoms with Crippen molar-refractivity contribution in [2.24, 2.45) is 0 Å². The molecule has 10 nitrogen and oxygen atoms in total. The number of thioether (sulfide) groups is 1. The van der Waals surface area contributed by atoms with Crippen molar-refractivity contribution in [3.05, 3.63) is 48.0 Å². The van der Waals surface area contributed by atoms with E-state index in [9.17, 15) is 15.0 Å². The van der Waals surface area contributed by atoms with Gasteiger partial charge in [-0.1, -0.05) is 12.1 Å². The average molecular weight is 417 g/mol. The SMILES string of the molecule is Nc1ncnc2c1ncn2C1OC(CSCc2cccc(C(=O)O)c2)C(O)C1O. The normalized spacial score (nSPS) is 24.2. The quantitative estimate of drug-likeness (QED) is 0.449. The molecule has 0 spiro atoms. The lowest BCUT2D eigenvalue weighted by atomic mass is 10.1. The van der Waals surface area contributed by atoms with Crippen LogP contribution in [0.15, 0.2) is 36.9 Å². The molecule has 29 heavy (non-hydrogen) atoms. The maximum absolute atomic E-state index is 11.1. The summed E-state index contributed by atoms with van der Waals surface area (Å²) in [5.41, 5.74) is 7.67. The van der Waals surface area contributed by atoms with Gasteiger partial charge in [-0.2, -0.15) is 11.8 Å². The summed E-state index contributed by atoms with van der Waals surface area (Å²) in [5.74, 6) is 0.203. The lowest BCUT2D eigenvalue weighted by Gasteiger charge is -2.16. The number of imidazole rings is 1. The lowest BCUT2D eigenvalue weighted by Crippen LogP contribution is -2.32. The van der Waals surface area contributed by atoms with E-state index in [0.717, 1.165) is 5.56 Å². The molecule has 0 amide bonds. The number of ether oxygens (including phenoxy) is 1. The zero-order chi connectivity index (χ0) is 20.5. The zero-order valence-corrected chi connectivity index (χ0v) is 15.9. The summed E-state index contributed by atoms with van der Waals surface area (Å²) >= 11 is 1.48. The smallest absolute Gasteiger partial charge is 0.335 e. The van der Waals surface area contributed by atoms with E-state index in [2.05, 4.69) is 15.0 Å². The van der Waals surface area contributed by atoms with Crippen LogP contribution in [0.5, 0.6) is 0 Å². The number of aliphatic hydroxyl groups excluding tert-OH is 2. The molecule has 1 aliphatic heterocycles. The van der Waals surface area contributed by atoms with Crippen molar-refractivity contribution in [1.29, 1.82) is 0 Å². The van der Waals surface area contributed by atoms with Gasteiger partial charge in [-0.15, -0.1) is 0 Å². The number of aromatic nitrogens is 4. The molecule has 0 bridgehead atoms. The molecule has 3 heterocycles. The molecule has 1 saturated heterocycles. The summed E-state index contributed by atoms with van der Waals surface area (Å²) in [6.07, 6.45) is -0.973. The number of hydrogen-bond donors (Lipinski definition) is 4. The van der Waals surface area contributed by atoms with Gasteiger partial charge in [0.15, 0.2) is 17.7 Å². The second-order valence-corrected chi connectivity index (χ2v) is 7.68. The maximum Gasteiger partial charge on any atom is 0.335 e. The first-order valence-corrected chi connectivity index (χ1v) is 9.95. The van der Waals surface area contributed by atoms with Crippen molar-refractivity contribution in [1.82, 2.24) is 19.5 Å². The van der Waals surface area contributed by atoms with E-state index in [1.54, 1.807) is 12.1 Å². The number of carbonyl (C=O) groups is 1. The van der Waals surface area contributed by atoms with E-state index < -0.39 is 30.5 Å². The molecule has 0 radical (unpaired) electrons. The largest absolute Gasteiger partial charge is 0.478 e. The molecule has 4 atom stereocenters. The number of carboxylic acid groups (broad SMARTS) is 1. The average Bonchev–Trinajstić information content (AvgIpc) is 3.25. The second kappa shape index (κ2) is 7.95. The van der Waals surface area contributed by atoms with Crippen molar-refractivity contribution in [3.8, 4) is 0 Å². The van der Waals surface area contributed by atoms with E-state index in [-0.39, 0.29) is 11.4 Å². The van der Waals surface area contributed by atoms with E-state index in [0.29, 0.717) is 22.7 Å². The Balaban J connectivity index is 1.43. The third-order valence-electron chi connectivity index (χ3n) is 4.72. The maximum atomic E-state index is 11.1. The van der Waals surface area contributed by atoms with Crippen LogP contribution in [0.25, 0.3) is 11.2 Å². The molecule has 11 heteroatoms. The van der Waals surface area contributed by atoms with E-state index in [1.165, 1.54) is 35.0 Å². The Kier molecular flexibility index (Phi) is 5.37. The minimum atomic E-state index is -1.16. The van der Waals surface area contributed by atoms with Gasteiger partial charge in [0.1, 0.15) is 24.1 Å². The van der Waals surface area contributed by atoms with Crippen LogP contribution in [0.3, 0.4) is 0 Å². The predicted molar refractivity (Wildman–Crippen MR) is 105 cm³/mol. The van der Waals surface area contributed by atoms with Crippen molar-refractivity contribution >= 4 is 34.7 Å². The Bertz CT molecular complexity index is 1040. The van der Waals surface area contributed by atoms with Gasteiger partial charge in [0.2, 0.25) is 0 Å². The third kappa shape index (κ3) is 3.77. The molecule has 1 aromatic carbocycles. The zero-order valence-electron chi connectivity index (χ0n) is 15.1. The fourth-order valence-corrected chi connectivity index (χ4v) is 4.28. The van der Waals surface area contributed by atoms with Crippen LogP contribution in [0, 0.1) is 0 Å². The fourth-order valence-electron chi connectivity index (χ4n) is 3.24. The van der Waals surface area contributed by atoms with Gasteiger partial charge >= 0.3 is 5.97 Å². The summed E-state index contributed by atoms with van der Waals surface area (Å²) in [7, 11) is 0. The number of hydrogen-bond acceptors (Lipinski definition) is 9. The topological polar surface area (TPSA) is 157 Å². The Labute approximate surface area is 169 Å². The van der Waals surface area contributed by atoms with Crippen LogP contribution >= 0.6 is 11.8 Å². The highest BCUT2D eigenvalue weighted by atomic mass is 32.2. The standard InChI is InChI=1S/C18H19N5O5S/c19-15-12-16(21-7-20-15)23(8-22-12)17-14(25)13(24)11(28-17)6-29-5-9-2-1-3-10(4-9)18(26)27/h1-4,7-8,11,13-14,17,24-25H,5-6H2,(H,26,27)(H2,19,20,21). The molecular formula is C18H19N5O5S. The van der Waals surface area contributed by atoms with Crippen molar-refractivity contribution < 1.29 is 24.9 Å². The van der Waals surface area contributed by atoms with E-state index >= 15 is 0 Å². The summed E-state index contributed by atoms with van der Waals surface area (Å²) in [5, 5.41) is 30.0. The van der Waals surface area contributed by atoms with Gasteiger partial charge in [-0.25, -0.2) is 19.7 Å². The van der Waals surface area contributed by atoms with Crippen molar-refractivity contribution in [2.45, 2.75) is 30.3 Å². The van der Waals surface area contributed by atoms with Crippen molar-refractivity contribution in [3.63, 3.8) is 0 Å². The van der Waals surface area contributed by atoms with Crippen LogP contribution in [-0.4, -0.2) is 64.9 Å². The van der Waals surface area contributed by atoms with Gasteiger partial charge < -0.3 is 25.8 Å². The summed E-state index contributed by atoms with van der Waals surface area (Å²) in [6.45, 7) is 0. The van der Waals surface area contributed by atoms with Crippen LogP contribution < -0.4 is 5.73 Å². The van der Waals surface area contributed by atoms with Crippen molar-refractivity contribution in [2.75, 3.05) is 11.5 Å². The number of nitrogens with two attached hydrogens (primary N) is 1. The molecule has 4 rings (SSSR count). The first-order chi connectivity index (χ1) is 14.0. The second-order valence-electron chi connectivity index (χ2n) is 6.65. The van der Waals surface area contributed by atoms with Crippen LogP contribution in [0.2, 0.25) is 0 Å². The minimum absolute atomic E-state index is 0.220. The van der Waals surface area contributed by atoms with Crippen LogP contribution in [0.4, 0.5) is 5.82 Å². The Morgan fingerprint density at radius 2 is 2.07 bits per heavy atom. The predicted octanol–water partition coefficient (Wildman–Crippen LogP) is 0.659. The number of anilines is 1. The van der Waals surface area contributed by atoms with Crippen LogP contribution in [-0.2, 0) is 10.5 Å². The van der Waals surface area contributed by atoms with E-state index in [1.807, 2.05) is 6.07 Å². The van der Waals surface area contributed by atoms with Gasteiger partial charge in [0.25, 0.3) is 0 Å². The Hall–Kier alpha value is -2.73. The molecule has 2 aromatic heterocycles. The van der Waals surface area contributed by atoms with E-state index in [4.69, 9.17) is 15.6 Å². The molecule has 5 N–H and O–H groups in total. The highest BCUT2D eigenvalue weighted by Crippen LogP contribution is 2.33. The monoisotopic (exact) mass is 417 g/mol. The number of aromatic carboxylic acids is 1. The first kappa shape index (κ1) is 19.6. The van der Waals surface area contributed by atoms with Gasteiger partial charge in [0, 0.05) is 11.5 Å². The van der Waals surface area contributed by atoms with Crippen LogP contribution in [0.1, 0.15) is 22.1 Å². The number of fused-ring (bicyclic) bond motifs is 1. The molecule has 1 aliphatic rings. The molecule has 0 aliphatic carbocycles.